The van der Waals surface area contributed by atoms with Gasteiger partial charge >= 0.3 is 5.97 Å². The second-order valence-electron chi connectivity index (χ2n) is 4.51. The summed E-state index contributed by atoms with van der Waals surface area (Å²) in [7, 11) is 1.29. The smallest absolute Gasteiger partial charge is 0.359 e. The summed E-state index contributed by atoms with van der Waals surface area (Å²) in [4.78, 5) is 27.6. The number of anilines is 1. The molecule has 0 fully saturated rings. The molecule has 3 rings (SSSR count). The van der Waals surface area contributed by atoms with Crippen LogP contribution in [0.2, 0.25) is 0 Å². The van der Waals surface area contributed by atoms with Crippen LogP contribution < -0.4 is 5.32 Å². The molecule has 0 aliphatic rings. The number of carbonyl (C=O) groups excluding carboxylic acids is 2. The molecule has 2 heterocycles. The SMILES string of the molecule is COC(=O)c1n[nH]c2ccc(NC(=O)c3ccncc3)cc12. The standard InChI is InChI=1S/C15H12N4O3/c1-22-15(21)13-11-8-10(2-3-12(11)18-19-13)17-14(20)9-4-6-16-7-5-9/h2-8H,1H3,(H,17,20)(H,18,19). The van der Waals surface area contributed by atoms with Crippen LogP contribution in [0.25, 0.3) is 10.9 Å². The zero-order valence-corrected chi connectivity index (χ0v) is 11.7. The third-order valence-electron chi connectivity index (χ3n) is 3.14. The number of rotatable bonds is 3. The lowest BCUT2D eigenvalue weighted by Gasteiger charge is -2.05. The Labute approximate surface area is 125 Å². The number of aromatic nitrogens is 3. The van der Waals surface area contributed by atoms with Gasteiger partial charge in [0.2, 0.25) is 0 Å². The molecule has 0 spiro atoms. The first-order valence-electron chi connectivity index (χ1n) is 6.47. The van der Waals surface area contributed by atoms with E-state index in [9.17, 15) is 9.59 Å². The molecule has 0 unspecified atom stereocenters. The second-order valence-corrected chi connectivity index (χ2v) is 4.51. The summed E-state index contributed by atoms with van der Waals surface area (Å²) in [6, 6.07) is 8.36. The maximum atomic E-state index is 12.1. The molecule has 0 atom stereocenters. The Morgan fingerprint density at radius 3 is 2.68 bits per heavy atom. The van der Waals surface area contributed by atoms with Crippen LogP contribution in [0.15, 0.2) is 42.7 Å². The molecule has 0 aliphatic carbocycles. The Balaban J connectivity index is 1.92. The monoisotopic (exact) mass is 296 g/mol. The number of ether oxygens (including phenoxy) is 1. The van der Waals surface area contributed by atoms with Crippen molar-refractivity contribution in [1.29, 1.82) is 0 Å². The summed E-state index contributed by atoms with van der Waals surface area (Å²) in [5.41, 5.74) is 1.91. The van der Waals surface area contributed by atoms with Crippen LogP contribution >= 0.6 is 0 Å². The first-order valence-corrected chi connectivity index (χ1v) is 6.47. The van der Waals surface area contributed by atoms with Gasteiger partial charge in [-0.25, -0.2) is 4.79 Å². The molecule has 1 amide bonds. The molecule has 0 bridgehead atoms. The van der Waals surface area contributed by atoms with Gasteiger partial charge in [0, 0.05) is 29.0 Å². The topological polar surface area (TPSA) is 97.0 Å². The van der Waals surface area contributed by atoms with Crippen molar-refractivity contribution < 1.29 is 14.3 Å². The number of methoxy groups -OCH3 is 1. The van der Waals surface area contributed by atoms with Crippen LogP contribution in [0.4, 0.5) is 5.69 Å². The van der Waals surface area contributed by atoms with Gasteiger partial charge in [-0.2, -0.15) is 5.10 Å². The van der Waals surface area contributed by atoms with E-state index in [0.717, 1.165) is 0 Å². The summed E-state index contributed by atoms with van der Waals surface area (Å²) < 4.78 is 4.68. The number of hydrogen-bond acceptors (Lipinski definition) is 5. The average molecular weight is 296 g/mol. The molecule has 3 aromatic rings. The van der Waals surface area contributed by atoms with Crippen LogP contribution in [-0.2, 0) is 4.74 Å². The van der Waals surface area contributed by atoms with Crippen molar-refractivity contribution in [3.63, 3.8) is 0 Å². The van der Waals surface area contributed by atoms with E-state index in [1.807, 2.05) is 0 Å². The lowest BCUT2D eigenvalue weighted by Crippen LogP contribution is -2.11. The second kappa shape index (κ2) is 5.65. The zero-order valence-electron chi connectivity index (χ0n) is 11.7. The molecule has 2 N–H and O–H groups in total. The first kappa shape index (κ1) is 13.7. The number of esters is 1. The van der Waals surface area contributed by atoms with E-state index in [1.54, 1.807) is 42.7 Å². The number of pyridine rings is 1. The van der Waals surface area contributed by atoms with Gasteiger partial charge in [0.05, 0.1) is 12.6 Å². The Morgan fingerprint density at radius 2 is 1.95 bits per heavy atom. The molecular formula is C15H12N4O3. The van der Waals surface area contributed by atoms with Crippen LogP contribution in [0.1, 0.15) is 20.8 Å². The van der Waals surface area contributed by atoms with Crippen molar-refractivity contribution in [2.75, 3.05) is 12.4 Å². The molecule has 7 nitrogen and oxygen atoms in total. The molecule has 0 radical (unpaired) electrons. The lowest BCUT2D eigenvalue weighted by molar-refractivity contribution is 0.0596. The molecule has 0 saturated heterocycles. The van der Waals surface area contributed by atoms with Crippen molar-refractivity contribution in [2.24, 2.45) is 0 Å². The number of hydrogen-bond donors (Lipinski definition) is 2. The normalized spacial score (nSPS) is 10.4. The third-order valence-corrected chi connectivity index (χ3v) is 3.14. The van der Waals surface area contributed by atoms with Gasteiger partial charge in [-0.05, 0) is 30.3 Å². The number of nitrogens with zero attached hydrogens (tertiary/aromatic N) is 2. The predicted octanol–water partition coefficient (Wildman–Crippen LogP) is 2.00. The number of amides is 1. The molecular weight excluding hydrogens is 284 g/mol. The molecule has 0 saturated carbocycles. The fourth-order valence-electron chi connectivity index (χ4n) is 2.05. The molecule has 22 heavy (non-hydrogen) atoms. The number of nitrogens with one attached hydrogen (secondary N) is 2. The summed E-state index contributed by atoms with van der Waals surface area (Å²) >= 11 is 0. The Bertz CT molecular complexity index is 842. The highest BCUT2D eigenvalue weighted by molar-refractivity contribution is 6.07. The minimum Gasteiger partial charge on any atom is -0.464 e. The summed E-state index contributed by atoms with van der Waals surface area (Å²) in [5, 5.41) is 10.0. The van der Waals surface area contributed by atoms with Crippen molar-refractivity contribution in [2.45, 2.75) is 0 Å². The van der Waals surface area contributed by atoms with E-state index in [1.165, 1.54) is 7.11 Å². The van der Waals surface area contributed by atoms with E-state index in [-0.39, 0.29) is 11.6 Å². The van der Waals surface area contributed by atoms with E-state index in [4.69, 9.17) is 0 Å². The van der Waals surface area contributed by atoms with Crippen molar-refractivity contribution in [3.05, 3.63) is 54.0 Å². The Hall–Kier alpha value is -3.22. The summed E-state index contributed by atoms with van der Waals surface area (Å²) in [6.07, 6.45) is 3.09. The van der Waals surface area contributed by atoms with Crippen molar-refractivity contribution in [3.8, 4) is 0 Å². The quantitative estimate of drug-likeness (QED) is 0.720. The van der Waals surface area contributed by atoms with Gasteiger partial charge in [0.1, 0.15) is 0 Å². The van der Waals surface area contributed by atoms with Gasteiger partial charge in [-0.1, -0.05) is 0 Å². The number of H-pyrrole nitrogens is 1. The third kappa shape index (κ3) is 2.51. The first-order chi connectivity index (χ1) is 10.7. The average Bonchev–Trinajstić information content (AvgIpc) is 2.98. The van der Waals surface area contributed by atoms with Gasteiger partial charge in [0.15, 0.2) is 5.69 Å². The van der Waals surface area contributed by atoms with Gasteiger partial charge < -0.3 is 10.1 Å². The Kier molecular flexibility index (Phi) is 3.53. The summed E-state index contributed by atoms with van der Waals surface area (Å²) in [6.45, 7) is 0. The Morgan fingerprint density at radius 1 is 1.18 bits per heavy atom. The maximum Gasteiger partial charge on any atom is 0.359 e. The highest BCUT2D eigenvalue weighted by atomic mass is 16.5. The minimum absolute atomic E-state index is 0.178. The van der Waals surface area contributed by atoms with Gasteiger partial charge in [-0.3, -0.25) is 14.9 Å². The fourth-order valence-corrected chi connectivity index (χ4v) is 2.05. The van der Waals surface area contributed by atoms with Crippen molar-refractivity contribution >= 4 is 28.5 Å². The van der Waals surface area contributed by atoms with Gasteiger partial charge in [-0.15, -0.1) is 0 Å². The number of benzene rings is 1. The van der Waals surface area contributed by atoms with Crippen LogP contribution in [-0.4, -0.2) is 34.2 Å². The largest absolute Gasteiger partial charge is 0.464 e. The van der Waals surface area contributed by atoms with E-state index < -0.39 is 5.97 Å². The molecule has 110 valence electrons. The maximum absolute atomic E-state index is 12.1. The molecule has 2 aromatic heterocycles. The molecule has 0 aliphatic heterocycles. The lowest BCUT2D eigenvalue weighted by atomic mass is 10.1. The molecule has 7 heteroatoms. The van der Waals surface area contributed by atoms with E-state index in [0.29, 0.717) is 22.2 Å². The molecule has 1 aromatic carbocycles. The fraction of sp³-hybridized carbons (Fsp3) is 0.0667. The van der Waals surface area contributed by atoms with E-state index >= 15 is 0 Å². The number of aromatic amines is 1. The number of fused-ring (bicyclic) bond motifs is 1. The highest BCUT2D eigenvalue weighted by Gasteiger charge is 2.15. The minimum atomic E-state index is -0.538. The van der Waals surface area contributed by atoms with Crippen molar-refractivity contribution in [1.82, 2.24) is 15.2 Å². The summed E-state index contributed by atoms with van der Waals surface area (Å²) in [5.74, 6) is -0.797. The zero-order chi connectivity index (χ0) is 15.5. The van der Waals surface area contributed by atoms with Gasteiger partial charge in [0.25, 0.3) is 5.91 Å². The van der Waals surface area contributed by atoms with Crippen LogP contribution in [0.3, 0.4) is 0 Å². The van der Waals surface area contributed by atoms with E-state index in [2.05, 4.69) is 25.2 Å². The van der Waals surface area contributed by atoms with Crippen LogP contribution in [0, 0.1) is 0 Å². The number of carbonyl (C=O) groups is 2. The van der Waals surface area contributed by atoms with Crippen LogP contribution in [0.5, 0.6) is 0 Å². The highest BCUT2D eigenvalue weighted by Crippen LogP contribution is 2.21. The predicted molar refractivity (Wildman–Crippen MR) is 79.6 cm³/mol.